The minimum absolute atomic E-state index is 0.639. The van der Waals surface area contributed by atoms with Crippen LogP contribution in [0.2, 0.25) is 0 Å². The van der Waals surface area contributed by atoms with Gasteiger partial charge in [0, 0.05) is 27.8 Å². The highest BCUT2D eigenvalue weighted by Crippen LogP contribution is 2.39. The Morgan fingerprint density at radius 3 is 2.88 bits per heavy atom. The lowest BCUT2D eigenvalue weighted by atomic mass is 9.78. The van der Waals surface area contributed by atoms with Gasteiger partial charge in [-0.25, -0.2) is 0 Å². The summed E-state index contributed by atoms with van der Waals surface area (Å²) in [6.07, 6.45) is 4.15. The van der Waals surface area contributed by atoms with E-state index in [4.69, 9.17) is 0 Å². The molecule has 17 heavy (non-hydrogen) atoms. The Bertz CT molecular complexity index is 385. The normalized spacial score (nSPS) is 24.5. The lowest BCUT2D eigenvalue weighted by Crippen LogP contribution is -2.38. The highest BCUT2D eigenvalue weighted by molar-refractivity contribution is 9.10. The molecule has 0 radical (unpaired) electrons. The molecule has 1 spiro atoms. The fourth-order valence-corrected chi connectivity index (χ4v) is 4.68. The zero-order chi connectivity index (χ0) is 11.7. The Labute approximate surface area is 116 Å². The molecule has 1 aromatic heterocycles. The number of piperidine rings is 1. The summed E-state index contributed by atoms with van der Waals surface area (Å²) >= 11 is 5.41. The van der Waals surface area contributed by atoms with Crippen molar-refractivity contribution in [2.75, 3.05) is 26.2 Å². The number of rotatable bonds is 2. The molecule has 0 unspecified atom stereocenters. The molecule has 2 saturated heterocycles. The van der Waals surface area contributed by atoms with E-state index < -0.39 is 0 Å². The molecular formula is C13H19BrN2S. The third-order valence-corrected chi connectivity index (χ3v) is 5.87. The van der Waals surface area contributed by atoms with Crippen LogP contribution >= 0.6 is 27.3 Å². The standard InChI is InChI=1S/C13H19BrN2S/c14-11-7-12(17-9-11)8-16-6-3-13(10-16)1-4-15-5-2-13/h7,9,15H,1-6,8,10H2. The molecule has 2 aliphatic rings. The molecule has 2 nitrogen and oxygen atoms in total. The first-order valence-electron chi connectivity index (χ1n) is 6.42. The molecule has 0 atom stereocenters. The highest BCUT2D eigenvalue weighted by Gasteiger charge is 2.38. The van der Waals surface area contributed by atoms with Crippen LogP contribution in [0, 0.1) is 5.41 Å². The van der Waals surface area contributed by atoms with E-state index in [0.717, 1.165) is 6.54 Å². The minimum Gasteiger partial charge on any atom is -0.317 e. The maximum absolute atomic E-state index is 3.54. The van der Waals surface area contributed by atoms with Crippen LogP contribution in [0.4, 0.5) is 0 Å². The second-order valence-corrected chi connectivity index (χ2v) is 7.35. The van der Waals surface area contributed by atoms with Crippen molar-refractivity contribution in [3.05, 3.63) is 20.8 Å². The van der Waals surface area contributed by atoms with Crippen LogP contribution in [0.3, 0.4) is 0 Å². The van der Waals surface area contributed by atoms with Crippen molar-refractivity contribution in [3.8, 4) is 0 Å². The second-order valence-electron chi connectivity index (χ2n) is 5.44. The Morgan fingerprint density at radius 1 is 1.35 bits per heavy atom. The fraction of sp³-hybridized carbons (Fsp3) is 0.692. The van der Waals surface area contributed by atoms with Gasteiger partial charge in [0.15, 0.2) is 0 Å². The molecule has 0 aliphatic carbocycles. The third kappa shape index (κ3) is 2.75. The van der Waals surface area contributed by atoms with Crippen LogP contribution in [-0.4, -0.2) is 31.1 Å². The Hall–Kier alpha value is 0.1000. The fourth-order valence-electron chi connectivity index (χ4n) is 3.19. The molecule has 0 amide bonds. The van der Waals surface area contributed by atoms with E-state index in [0.29, 0.717) is 5.41 Å². The van der Waals surface area contributed by atoms with E-state index >= 15 is 0 Å². The molecule has 94 valence electrons. The van der Waals surface area contributed by atoms with Crippen LogP contribution in [0.1, 0.15) is 24.1 Å². The van der Waals surface area contributed by atoms with E-state index in [2.05, 4.69) is 37.6 Å². The van der Waals surface area contributed by atoms with Gasteiger partial charge in [0.05, 0.1) is 0 Å². The highest BCUT2D eigenvalue weighted by atomic mass is 79.9. The Balaban J connectivity index is 1.60. The predicted octanol–water partition coefficient (Wildman–Crippen LogP) is 3.09. The van der Waals surface area contributed by atoms with E-state index in [1.54, 1.807) is 0 Å². The summed E-state index contributed by atoms with van der Waals surface area (Å²) < 4.78 is 1.23. The van der Waals surface area contributed by atoms with Crippen LogP contribution < -0.4 is 5.32 Å². The van der Waals surface area contributed by atoms with Crippen molar-refractivity contribution >= 4 is 27.3 Å². The van der Waals surface area contributed by atoms with E-state index in [-0.39, 0.29) is 0 Å². The van der Waals surface area contributed by atoms with Crippen molar-refractivity contribution in [2.24, 2.45) is 5.41 Å². The number of halogens is 1. The van der Waals surface area contributed by atoms with Crippen LogP contribution in [-0.2, 0) is 6.54 Å². The summed E-state index contributed by atoms with van der Waals surface area (Å²) in [6.45, 7) is 6.18. The molecule has 0 saturated carbocycles. The van der Waals surface area contributed by atoms with Gasteiger partial charge in [-0.15, -0.1) is 11.3 Å². The molecule has 0 aromatic carbocycles. The van der Waals surface area contributed by atoms with Gasteiger partial charge in [-0.1, -0.05) is 0 Å². The molecule has 1 N–H and O–H groups in total. The number of thiophene rings is 1. The van der Waals surface area contributed by atoms with Gasteiger partial charge in [0.1, 0.15) is 0 Å². The summed E-state index contributed by atoms with van der Waals surface area (Å²) in [5.74, 6) is 0. The van der Waals surface area contributed by atoms with Crippen LogP contribution in [0.15, 0.2) is 15.9 Å². The summed E-state index contributed by atoms with van der Waals surface area (Å²) in [6, 6.07) is 2.26. The smallest absolute Gasteiger partial charge is 0.0328 e. The molecule has 3 heterocycles. The topological polar surface area (TPSA) is 15.3 Å². The zero-order valence-corrected chi connectivity index (χ0v) is 12.4. The molecule has 4 heteroatoms. The maximum atomic E-state index is 3.54. The SMILES string of the molecule is Brc1csc(CN2CCC3(CCNCC3)C2)c1. The van der Waals surface area contributed by atoms with E-state index in [1.165, 1.54) is 54.8 Å². The van der Waals surface area contributed by atoms with Gasteiger partial charge < -0.3 is 5.32 Å². The lowest BCUT2D eigenvalue weighted by molar-refractivity contribution is 0.194. The summed E-state index contributed by atoms with van der Waals surface area (Å²) in [4.78, 5) is 4.13. The van der Waals surface area contributed by atoms with E-state index in [1.807, 2.05) is 11.3 Å². The number of hydrogen-bond donors (Lipinski definition) is 1. The number of likely N-dealkylation sites (tertiary alicyclic amines) is 1. The molecule has 0 bridgehead atoms. The summed E-state index contributed by atoms with van der Waals surface area (Å²) in [5, 5.41) is 5.67. The van der Waals surface area contributed by atoms with Crippen LogP contribution in [0.5, 0.6) is 0 Å². The van der Waals surface area contributed by atoms with Crippen molar-refractivity contribution in [3.63, 3.8) is 0 Å². The van der Waals surface area contributed by atoms with Gasteiger partial charge in [0.25, 0.3) is 0 Å². The van der Waals surface area contributed by atoms with Gasteiger partial charge in [0.2, 0.25) is 0 Å². The summed E-state index contributed by atoms with van der Waals surface area (Å²) in [5.41, 5.74) is 0.639. The number of nitrogens with one attached hydrogen (secondary N) is 1. The van der Waals surface area contributed by atoms with Crippen molar-refractivity contribution in [2.45, 2.75) is 25.8 Å². The summed E-state index contributed by atoms with van der Waals surface area (Å²) in [7, 11) is 0. The first-order valence-corrected chi connectivity index (χ1v) is 8.09. The van der Waals surface area contributed by atoms with Gasteiger partial charge >= 0.3 is 0 Å². The van der Waals surface area contributed by atoms with Crippen LogP contribution in [0.25, 0.3) is 0 Å². The number of nitrogens with zero attached hydrogens (tertiary/aromatic N) is 1. The van der Waals surface area contributed by atoms with Crippen molar-refractivity contribution < 1.29 is 0 Å². The largest absolute Gasteiger partial charge is 0.317 e. The third-order valence-electron chi connectivity index (χ3n) is 4.18. The average Bonchev–Trinajstić information content (AvgIpc) is 2.89. The second kappa shape index (κ2) is 5.00. The monoisotopic (exact) mass is 314 g/mol. The quantitative estimate of drug-likeness (QED) is 0.902. The van der Waals surface area contributed by atoms with Crippen molar-refractivity contribution in [1.29, 1.82) is 0 Å². The molecule has 3 rings (SSSR count). The first kappa shape index (κ1) is 12.2. The van der Waals surface area contributed by atoms with Gasteiger partial charge in [-0.05, 0) is 66.3 Å². The Morgan fingerprint density at radius 2 is 2.18 bits per heavy atom. The Kier molecular flexibility index (Phi) is 3.57. The van der Waals surface area contributed by atoms with Gasteiger partial charge in [-0.3, -0.25) is 4.90 Å². The minimum atomic E-state index is 0.639. The first-order chi connectivity index (χ1) is 8.26. The molecule has 1 aromatic rings. The molecule has 2 fully saturated rings. The number of hydrogen-bond acceptors (Lipinski definition) is 3. The van der Waals surface area contributed by atoms with E-state index in [9.17, 15) is 0 Å². The molecular weight excluding hydrogens is 296 g/mol. The zero-order valence-electron chi connectivity index (χ0n) is 10.0. The maximum Gasteiger partial charge on any atom is 0.0328 e. The van der Waals surface area contributed by atoms with Gasteiger partial charge in [-0.2, -0.15) is 0 Å². The predicted molar refractivity (Wildman–Crippen MR) is 76.4 cm³/mol. The molecule has 2 aliphatic heterocycles. The van der Waals surface area contributed by atoms with Crippen molar-refractivity contribution in [1.82, 2.24) is 10.2 Å². The lowest BCUT2D eigenvalue weighted by Gasteiger charge is -2.33. The average molecular weight is 315 g/mol.